The number of carbonyl (C=O) groups excluding carboxylic acids is 1. The number of ether oxygens (including phenoxy) is 1. The highest BCUT2D eigenvalue weighted by molar-refractivity contribution is 9.11. The third-order valence-corrected chi connectivity index (χ3v) is 3.25. The van der Waals surface area contributed by atoms with Crippen LogP contribution >= 0.6 is 27.3 Å². The molecule has 0 aromatic carbocycles. The molecule has 1 rings (SSSR count). The Balaban J connectivity index is 2.39. The lowest BCUT2D eigenvalue weighted by molar-refractivity contribution is -0.139. The van der Waals surface area contributed by atoms with Crippen molar-refractivity contribution in [2.24, 2.45) is 0 Å². The predicted octanol–water partition coefficient (Wildman–Crippen LogP) is 2.46. The Hall–Kier alpha value is -0.650. The lowest BCUT2D eigenvalue weighted by atomic mass is 10.3. The number of thiophene rings is 1. The zero-order chi connectivity index (χ0) is 12.0. The van der Waals surface area contributed by atoms with Crippen molar-refractivity contribution >= 4 is 33.2 Å². The van der Waals surface area contributed by atoms with Crippen LogP contribution in [-0.4, -0.2) is 19.6 Å². The first-order valence-electron chi connectivity index (χ1n) is 4.80. The SMILES string of the molecule is C=C(Br)CNCc1ccc(CC(=O)OC)s1. The van der Waals surface area contributed by atoms with Crippen LogP contribution < -0.4 is 5.32 Å². The van der Waals surface area contributed by atoms with Crippen LogP contribution in [0.5, 0.6) is 0 Å². The molecule has 5 heteroatoms. The average molecular weight is 304 g/mol. The standard InChI is InChI=1S/C11H14BrNO2S/c1-8(12)6-13-7-10-4-3-9(16-10)5-11(14)15-2/h3-4,13H,1,5-7H2,2H3. The Morgan fingerprint density at radius 3 is 2.88 bits per heavy atom. The van der Waals surface area contributed by atoms with E-state index in [9.17, 15) is 4.79 Å². The summed E-state index contributed by atoms with van der Waals surface area (Å²) in [7, 11) is 1.40. The molecule has 0 unspecified atom stereocenters. The van der Waals surface area contributed by atoms with Gasteiger partial charge < -0.3 is 10.1 Å². The Morgan fingerprint density at radius 2 is 2.25 bits per heavy atom. The van der Waals surface area contributed by atoms with Gasteiger partial charge in [-0.1, -0.05) is 22.5 Å². The summed E-state index contributed by atoms with van der Waals surface area (Å²) in [6, 6.07) is 3.98. The normalized spacial score (nSPS) is 10.1. The first-order chi connectivity index (χ1) is 7.61. The summed E-state index contributed by atoms with van der Waals surface area (Å²) in [4.78, 5) is 13.3. The molecule has 0 aliphatic carbocycles. The van der Waals surface area contributed by atoms with Crippen LogP contribution in [0.25, 0.3) is 0 Å². The van der Waals surface area contributed by atoms with Gasteiger partial charge in [0.1, 0.15) is 0 Å². The second-order valence-corrected chi connectivity index (χ2v) is 5.62. The molecule has 1 aromatic heterocycles. The molecule has 1 heterocycles. The van der Waals surface area contributed by atoms with Crippen molar-refractivity contribution in [2.75, 3.05) is 13.7 Å². The highest BCUT2D eigenvalue weighted by Crippen LogP contribution is 2.17. The molecular formula is C11H14BrNO2S. The van der Waals surface area contributed by atoms with Crippen molar-refractivity contribution in [1.82, 2.24) is 5.32 Å². The molecule has 1 N–H and O–H groups in total. The second-order valence-electron chi connectivity index (χ2n) is 3.24. The molecule has 1 aromatic rings. The van der Waals surface area contributed by atoms with Crippen molar-refractivity contribution in [3.63, 3.8) is 0 Å². The number of esters is 1. The van der Waals surface area contributed by atoms with E-state index in [0.717, 1.165) is 22.4 Å². The van der Waals surface area contributed by atoms with Crippen LogP contribution in [0.15, 0.2) is 23.2 Å². The average Bonchev–Trinajstić information content (AvgIpc) is 2.65. The van der Waals surface area contributed by atoms with E-state index in [1.807, 2.05) is 12.1 Å². The van der Waals surface area contributed by atoms with E-state index in [2.05, 4.69) is 32.6 Å². The molecule has 0 atom stereocenters. The minimum atomic E-state index is -0.199. The minimum Gasteiger partial charge on any atom is -0.469 e. The van der Waals surface area contributed by atoms with Crippen LogP contribution in [0.2, 0.25) is 0 Å². The number of hydrogen-bond acceptors (Lipinski definition) is 4. The number of methoxy groups -OCH3 is 1. The third kappa shape index (κ3) is 4.92. The summed E-state index contributed by atoms with van der Waals surface area (Å²) in [6.45, 7) is 5.27. The molecule has 3 nitrogen and oxygen atoms in total. The van der Waals surface area contributed by atoms with Crippen molar-refractivity contribution in [1.29, 1.82) is 0 Å². The largest absolute Gasteiger partial charge is 0.469 e. The van der Waals surface area contributed by atoms with E-state index in [0.29, 0.717) is 6.42 Å². The maximum Gasteiger partial charge on any atom is 0.310 e. The fraction of sp³-hybridized carbons (Fsp3) is 0.364. The highest BCUT2D eigenvalue weighted by atomic mass is 79.9. The maximum atomic E-state index is 11.0. The van der Waals surface area contributed by atoms with Crippen molar-refractivity contribution in [3.8, 4) is 0 Å². The monoisotopic (exact) mass is 303 g/mol. The van der Waals surface area contributed by atoms with E-state index < -0.39 is 0 Å². The number of carbonyl (C=O) groups is 1. The molecule has 0 fully saturated rings. The van der Waals surface area contributed by atoms with Crippen molar-refractivity contribution < 1.29 is 9.53 Å². The van der Waals surface area contributed by atoms with Crippen LogP contribution in [0, 0.1) is 0 Å². The summed E-state index contributed by atoms with van der Waals surface area (Å²) in [6.07, 6.45) is 0.353. The summed E-state index contributed by atoms with van der Waals surface area (Å²) >= 11 is 4.90. The smallest absolute Gasteiger partial charge is 0.310 e. The number of rotatable bonds is 6. The van der Waals surface area contributed by atoms with Gasteiger partial charge in [0.05, 0.1) is 13.5 Å². The quantitative estimate of drug-likeness (QED) is 0.821. The van der Waals surface area contributed by atoms with E-state index in [1.165, 1.54) is 12.0 Å². The van der Waals surface area contributed by atoms with Crippen LogP contribution in [-0.2, 0) is 22.5 Å². The first-order valence-corrected chi connectivity index (χ1v) is 6.41. The van der Waals surface area contributed by atoms with Gasteiger partial charge in [0.2, 0.25) is 0 Å². The molecule has 88 valence electrons. The minimum absolute atomic E-state index is 0.199. The number of halogens is 1. The zero-order valence-corrected chi connectivity index (χ0v) is 11.5. The van der Waals surface area contributed by atoms with Crippen LogP contribution in [0.1, 0.15) is 9.75 Å². The van der Waals surface area contributed by atoms with Gasteiger partial charge in [0, 0.05) is 27.3 Å². The highest BCUT2D eigenvalue weighted by Gasteiger charge is 2.05. The summed E-state index contributed by atoms with van der Waals surface area (Å²) in [5.41, 5.74) is 0. The van der Waals surface area contributed by atoms with E-state index in [-0.39, 0.29) is 5.97 Å². The van der Waals surface area contributed by atoms with Gasteiger partial charge in [-0.3, -0.25) is 4.79 Å². The summed E-state index contributed by atoms with van der Waals surface area (Å²) < 4.78 is 5.54. The molecule has 0 spiro atoms. The number of hydrogen-bond donors (Lipinski definition) is 1. The third-order valence-electron chi connectivity index (χ3n) is 1.88. The van der Waals surface area contributed by atoms with E-state index in [4.69, 9.17) is 0 Å². The van der Waals surface area contributed by atoms with Gasteiger partial charge in [-0.2, -0.15) is 0 Å². The second kappa shape index (κ2) is 6.83. The van der Waals surface area contributed by atoms with E-state index >= 15 is 0 Å². The Morgan fingerprint density at radius 1 is 1.56 bits per heavy atom. The van der Waals surface area contributed by atoms with E-state index in [1.54, 1.807) is 11.3 Å². The zero-order valence-electron chi connectivity index (χ0n) is 9.09. The van der Waals surface area contributed by atoms with Gasteiger partial charge in [-0.05, 0) is 12.1 Å². The Kier molecular flexibility index (Phi) is 5.73. The number of nitrogens with one attached hydrogen (secondary N) is 1. The molecule has 0 aliphatic heterocycles. The van der Waals surface area contributed by atoms with Crippen LogP contribution in [0.4, 0.5) is 0 Å². The molecule has 16 heavy (non-hydrogen) atoms. The van der Waals surface area contributed by atoms with Gasteiger partial charge in [0.15, 0.2) is 0 Å². The molecule has 0 radical (unpaired) electrons. The molecule has 0 aliphatic rings. The first kappa shape index (κ1) is 13.4. The lowest BCUT2D eigenvalue weighted by Gasteiger charge is -2.00. The molecule has 0 saturated carbocycles. The van der Waals surface area contributed by atoms with Gasteiger partial charge in [-0.15, -0.1) is 11.3 Å². The van der Waals surface area contributed by atoms with Gasteiger partial charge in [-0.25, -0.2) is 0 Å². The van der Waals surface area contributed by atoms with Crippen LogP contribution in [0.3, 0.4) is 0 Å². The topological polar surface area (TPSA) is 38.3 Å². The van der Waals surface area contributed by atoms with Gasteiger partial charge >= 0.3 is 5.97 Å². The molecule has 0 saturated heterocycles. The predicted molar refractivity (Wildman–Crippen MR) is 69.8 cm³/mol. The van der Waals surface area contributed by atoms with Crippen molar-refractivity contribution in [3.05, 3.63) is 32.9 Å². The Labute approximate surface area is 108 Å². The van der Waals surface area contributed by atoms with Gasteiger partial charge in [0.25, 0.3) is 0 Å². The Bertz CT molecular complexity index is 376. The fourth-order valence-corrected chi connectivity index (χ4v) is 2.32. The fourth-order valence-electron chi connectivity index (χ4n) is 1.15. The molecular weight excluding hydrogens is 290 g/mol. The van der Waals surface area contributed by atoms with Crippen molar-refractivity contribution in [2.45, 2.75) is 13.0 Å². The molecule has 0 bridgehead atoms. The lowest BCUT2D eigenvalue weighted by Crippen LogP contribution is -2.13. The summed E-state index contributed by atoms with van der Waals surface area (Å²) in [5.74, 6) is -0.199. The summed E-state index contributed by atoms with van der Waals surface area (Å²) in [5, 5.41) is 3.23. The maximum absolute atomic E-state index is 11.0. The molecule has 0 amide bonds.